The van der Waals surface area contributed by atoms with Crippen LogP contribution in [-0.2, 0) is 19.1 Å². The van der Waals surface area contributed by atoms with Crippen LogP contribution in [0.15, 0.2) is 23.8 Å². The lowest BCUT2D eigenvalue weighted by Crippen LogP contribution is -2.55. The highest BCUT2D eigenvalue weighted by molar-refractivity contribution is 5.94. The van der Waals surface area contributed by atoms with Crippen molar-refractivity contribution in [3.05, 3.63) is 23.8 Å². The summed E-state index contributed by atoms with van der Waals surface area (Å²) < 4.78 is 5.17. The Bertz CT molecular complexity index is 742. The van der Waals surface area contributed by atoms with Crippen LogP contribution in [0.3, 0.4) is 0 Å². The van der Waals surface area contributed by atoms with E-state index in [-0.39, 0.29) is 0 Å². The number of nitrogens with two attached hydrogens (primary N) is 2. The molecule has 33 heavy (non-hydrogen) atoms. The molecule has 0 radical (unpaired) electrons. The minimum atomic E-state index is -0.972. The van der Waals surface area contributed by atoms with Crippen LogP contribution in [-0.4, -0.2) is 66.0 Å². The zero-order valence-corrected chi connectivity index (χ0v) is 20.9. The maximum atomic E-state index is 13.0. The van der Waals surface area contributed by atoms with E-state index in [1.165, 1.54) is 18.9 Å². The molecule has 10 nitrogen and oxygen atoms in total. The van der Waals surface area contributed by atoms with Gasteiger partial charge in [-0.1, -0.05) is 18.2 Å². The molecule has 0 saturated carbocycles. The van der Waals surface area contributed by atoms with E-state index < -0.39 is 47.5 Å². The Morgan fingerprint density at radius 2 is 1.73 bits per heavy atom. The van der Waals surface area contributed by atoms with Crippen LogP contribution in [0.25, 0.3) is 0 Å². The van der Waals surface area contributed by atoms with Crippen molar-refractivity contribution < 1.29 is 23.9 Å². The molecule has 0 aromatic heterocycles. The smallest absolute Gasteiger partial charge is 0.407 e. The molecule has 0 fully saturated rings. The molecule has 0 heterocycles. The Morgan fingerprint density at radius 1 is 1.12 bits per heavy atom. The number of ether oxygens (including phenoxy) is 1. The number of rotatable bonds is 12. The molecule has 0 aliphatic rings. The van der Waals surface area contributed by atoms with Gasteiger partial charge in [0.1, 0.15) is 17.7 Å². The van der Waals surface area contributed by atoms with E-state index in [1.807, 2.05) is 0 Å². The summed E-state index contributed by atoms with van der Waals surface area (Å²) in [5, 5.41) is 5.20. The molecule has 4 amide bonds. The number of nitrogens with zero attached hydrogens (tertiary/aromatic N) is 1. The molecule has 0 aromatic rings. The van der Waals surface area contributed by atoms with Crippen molar-refractivity contribution in [3.8, 4) is 0 Å². The summed E-state index contributed by atoms with van der Waals surface area (Å²) in [6.07, 6.45) is 6.28. The monoisotopic (exact) mass is 467 g/mol. The van der Waals surface area contributed by atoms with Gasteiger partial charge in [-0.3, -0.25) is 14.4 Å². The highest BCUT2D eigenvalue weighted by atomic mass is 16.6. The van der Waals surface area contributed by atoms with Crippen molar-refractivity contribution in [1.82, 2.24) is 15.5 Å². The molecule has 0 bridgehead atoms. The SMILES string of the molecule is C/C=C\C(=C/C)[C@@H](C(=O)N[C@@H](C)C(N)=O)N(C)C(=O)[C@@H](N)CCCCNC(=O)OC(C)(C)C. The van der Waals surface area contributed by atoms with E-state index in [0.717, 1.165) is 0 Å². The van der Waals surface area contributed by atoms with Gasteiger partial charge < -0.3 is 31.7 Å². The highest BCUT2D eigenvalue weighted by Crippen LogP contribution is 2.15. The number of hydrogen-bond donors (Lipinski definition) is 4. The van der Waals surface area contributed by atoms with Gasteiger partial charge >= 0.3 is 6.09 Å². The topological polar surface area (TPSA) is 157 Å². The number of carbonyl (C=O) groups excluding carboxylic acids is 4. The second-order valence-corrected chi connectivity index (χ2v) is 8.80. The zero-order chi connectivity index (χ0) is 25.8. The number of hydrogen-bond acceptors (Lipinski definition) is 6. The molecule has 0 saturated heterocycles. The summed E-state index contributed by atoms with van der Waals surface area (Å²) in [4.78, 5) is 50.1. The second-order valence-electron chi connectivity index (χ2n) is 8.80. The molecule has 0 aliphatic carbocycles. The number of primary amides is 1. The third-order valence-corrected chi connectivity index (χ3v) is 4.70. The summed E-state index contributed by atoms with van der Waals surface area (Å²) in [7, 11) is 1.50. The Labute approximate surface area is 197 Å². The predicted octanol–water partition coefficient (Wildman–Crippen LogP) is 1.35. The average molecular weight is 468 g/mol. The summed E-state index contributed by atoms with van der Waals surface area (Å²) in [5.74, 6) is -1.62. The fourth-order valence-corrected chi connectivity index (χ4v) is 2.96. The van der Waals surface area contributed by atoms with Crippen molar-refractivity contribution in [2.45, 2.75) is 84.5 Å². The van der Waals surface area contributed by atoms with E-state index in [0.29, 0.717) is 31.4 Å². The lowest BCUT2D eigenvalue weighted by atomic mass is 10.0. The standard InChI is InChI=1S/C23H41N5O5/c1-8-12-16(9-2)18(20(30)27-15(3)19(25)29)28(7)21(31)17(24)13-10-11-14-26-22(32)33-23(4,5)6/h8-9,12,15,17-18H,10-11,13-14,24H2,1-7H3,(H2,25,29)(H,26,32)(H,27,30)/b12-8-,16-9+/t15-,17-,18-/m0/s1. The lowest BCUT2D eigenvalue weighted by molar-refractivity contribution is -0.139. The van der Waals surface area contributed by atoms with E-state index in [1.54, 1.807) is 52.8 Å². The number of amides is 4. The van der Waals surface area contributed by atoms with Crippen LogP contribution in [0.1, 0.15) is 60.8 Å². The van der Waals surface area contributed by atoms with E-state index in [4.69, 9.17) is 16.2 Å². The first-order valence-electron chi connectivity index (χ1n) is 11.1. The number of allylic oxidation sites excluding steroid dienone is 2. The van der Waals surface area contributed by atoms with Crippen LogP contribution in [0.2, 0.25) is 0 Å². The van der Waals surface area contributed by atoms with Crippen molar-refractivity contribution in [2.75, 3.05) is 13.6 Å². The Kier molecular flexibility index (Phi) is 13.1. The normalized spacial score (nSPS) is 14.8. The van der Waals surface area contributed by atoms with Crippen LogP contribution in [0, 0.1) is 0 Å². The van der Waals surface area contributed by atoms with Gasteiger partial charge in [0.2, 0.25) is 17.7 Å². The summed E-state index contributed by atoms with van der Waals surface area (Å²) in [6.45, 7) is 10.8. The quantitative estimate of drug-likeness (QED) is 0.251. The third-order valence-electron chi connectivity index (χ3n) is 4.70. The van der Waals surface area contributed by atoms with Crippen molar-refractivity contribution in [1.29, 1.82) is 0 Å². The maximum Gasteiger partial charge on any atom is 0.407 e. The van der Waals surface area contributed by atoms with Gasteiger partial charge in [0.05, 0.1) is 6.04 Å². The Hall–Kier alpha value is -2.88. The molecule has 10 heteroatoms. The third kappa shape index (κ3) is 11.5. The van der Waals surface area contributed by atoms with Crippen molar-refractivity contribution >= 4 is 23.8 Å². The zero-order valence-electron chi connectivity index (χ0n) is 20.9. The van der Waals surface area contributed by atoms with Gasteiger partial charge in [0, 0.05) is 13.6 Å². The largest absolute Gasteiger partial charge is 0.444 e. The molecule has 0 aromatic carbocycles. The van der Waals surface area contributed by atoms with E-state index in [9.17, 15) is 19.2 Å². The van der Waals surface area contributed by atoms with E-state index >= 15 is 0 Å². The first kappa shape index (κ1) is 30.1. The highest BCUT2D eigenvalue weighted by Gasteiger charge is 2.32. The van der Waals surface area contributed by atoms with Crippen molar-refractivity contribution in [3.63, 3.8) is 0 Å². The van der Waals surface area contributed by atoms with Crippen LogP contribution in [0.5, 0.6) is 0 Å². The minimum absolute atomic E-state index is 0.375. The minimum Gasteiger partial charge on any atom is -0.444 e. The first-order chi connectivity index (χ1) is 15.2. The molecular formula is C23H41N5O5. The fourth-order valence-electron chi connectivity index (χ4n) is 2.96. The Morgan fingerprint density at radius 3 is 2.21 bits per heavy atom. The van der Waals surface area contributed by atoms with Gasteiger partial charge in [0.25, 0.3) is 0 Å². The summed E-state index contributed by atoms with van der Waals surface area (Å²) in [5.41, 5.74) is 11.4. The van der Waals surface area contributed by atoms with Crippen molar-refractivity contribution in [2.24, 2.45) is 11.5 Å². The molecule has 188 valence electrons. The molecular weight excluding hydrogens is 426 g/mol. The molecule has 0 unspecified atom stereocenters. The number of likely N-dealkylation sites (N-methyl/N-ethyl adjacent to an activating group) is 1. The first-order valence-corrected chi connectivity index (χ1v) is 11.1. The fraction of sp³-hybridized carbons (Fsp3) is 0.652. The number of alkyl carbamates (subject to hydrolysis) is 1. The predicted molar refractivity (Wildman–Crippen MR) is 128 cm³/mol. The van der Waals surface area contributed by atoms with Crippen LogP contribution < -0.4 is 22.1 Å². The second kappa shape index (κ2) is 14.3. The van der Waals surface area contributed by atoms with Gasteiger partial charge in [-0.2, -0.15) is 0 Å². The number of carbonyl (C=O) groups is 4. The maximum absolute atomic E-state index is 13.0. The summed E-state index contributed by atoms with van der Waals surface area (Å²) >= 11 is 0. The Balaban J connectivity index is 5.03. The summed E-state index contributed by atoms with van der Waals surface area (Å²) in [6, 6.07) is -2.69. The molecule has 0 aliphatic heterocycles. The molecule has 3 atom stereocenters. The molecule has 0 spiro atoms. The van der Waals surface area contributed by atoms with Crippen LogP contribution in [0.4, 0.5) is 4.79 Å². The number of unbranched alkanes of at least 4 members (excludes halogenated alkanes) is 1. The van der Waals surface area contributed by atoms with Gasteiger partial charge in [-0.15, -0.1) is 0 Å². The lowest BCUT2D eigenvalue weighted by Gasteiger charge is -2.31. The van der Waals surface area contributed by atoms with Crippen LogP contribution >= 0.6 is 0 Å². The molecule has 0 rings (SSSR count). The molecule has 6 N–H and O–H groups in total. The number of nitrogens with one attached hydrogen (secondary N) is 2. The van der Waals surface area contributed by atoms with Gasteiger partial charge in [-0.05, 0) is 66.4 Å². The van der Waals surface area contributed by atoms with Gasteiger partial charge in [-0.25, -0.2) is 4.79 Å². The van der Waals surface area contributed by atoms with E-state index in [2.05, 4.69) is 10.6 Å². The average Bonchev–Trinajstić information content (AvgIpc) is 2.70. The van der Waals surface area contributed by atoms with Gasteiger partial charge in [0.15, 0.2) is 0 Å².